The number of aromatic nitrogens is 1. The second-order valence-corrected chi connectivity index (χ2v) is 5.88. The lowest BCUT2D eigenvalue weighted by Crippen LogP contribution is -2.49. The van der Waals surface area contributed by atoms with E-state index in [-0.39, 0.29) is 11.9 Å². The summed E-state index contributed by atoms with van der Waals surface area (Å²) in [4.78, 5) is 19.4. The highest BCUT2D eigenvalue weighted by Crippen LogP contribution is 2.26. The van der Waals surface area contributed by atoms with E-state index in [9.17, 15) is 4.79 Å². The van der Waals surface area contributed by atoms with Crippen LogP contribution in [0.25, 0.3) is 10.8 Å². The number of carbonyl (C=O) groups is 1. The molecule has 108 valence electrons. The van der Waals surface area contributed by atoms with Crippen molar-refractivity contribution in [2.75, 3.05) is 19.7 Å². The Bertz CT molecular complexity index is 680. The fourth-order valence-corrected chi connectivity index (χ4v) is 3.48. The van der Waals surface area contributed by atoms with Gasteiger partial charge in [-0.05, 0) is 30.8 Å². The molecule has 0 spiro atoms. The van der Waals surface area contributed by atoms with Gasteiger partial charge in [-0.1, -0.05) is 18.2 Å². The summed E-state index contributed by atoms with van der Waals surface area (Å²) in [6.45, 7) is 2.49. The highest BCUT2D eigenvalue weighted by Gasteiger charge is 2.35. The van der Waals surface area contributed by atoms with Crippen molar-refractivity contribution in [3.8, 4) is 0 Å². The number of rotatable bonds is 2. The summed E-state index contributed by atoms with van der Waals surface area (Å²) in [6.07, 6.45) is 5.59. The maximum absolute atomic E-state index is 12.8. The van der Waals surface area contributed by atoms with Crippen LogP contribution in [-0.2, 0) is 4.74 Å². The van der Waals surface area contributed by atoms with Gasteiger partial charge in [0, 0.05) is 35.9 Å². The molecular weight excluding hydrogens is 264 g/mol. The SMILES string of the molecule is O=C(c1cccc2ccncc12)C1CN2CCCC2CO1. The van der Waals surface area contributed by atoms with E-state index in [4.69, 9.17) is 4.74 Å². The van der Waals surface area contributed by atoms with Crippen molar-refractivity contribution in [2.45, 2.75) is 25.0 Å². The van der Waals surface area contributed by atoms with E-state index in [0.717, 1.165) is 29.4 Å². The van der Waals surface area contributed by atoms with Crippen LogP contribution in [0.1, 0.15) is 23.2 Å². The number of carbonyl (C=O) groups excluding carboxylic acids is 1. The van der Waals surface area contributed by atoms with Crippen molar-refractivity contribution in [3.05, 3.63) is 42.2 Å². The van der Waals surface area contributed by atoms with Crippen LogP contribution in [0.4, 0.5) is 0 Å². The predicted molar refractivity (Wildman–Crippen MR) is 80.4 cm³/mol. The molecule has 0 N–H and O–H groups in total. The number of Topliss-reactive ketones (excluding diaryl/α,β-unsaturated/α-hetero) is 1. The van der Waals surface area contributed by atoms with Crippen LogP contribution < -0.4 is 0 Å². The van der Waals surface area contributed by atoms with Gasteiger partial charge in [-0.2, -0.15) is 0 Å². The van der Waals surface area contributed by atoms with E-state index in [0.29, 0.717) is 12.6 Å². The summed E-state index contributed by atoms with van der Waals surface area (Å²) in [5.41, 5.74) is 0.725. The van der Waals surface area contributed by atoms with Crippen LogP contribution >= 0.6 is 0 Å². The van der Waals surface area contributed by atoms with Crippen LogP contribution in [0.3, 0.4) is 0 Å². The van der Waals surface area contributed by atoms with E-state index in [1.54, 1.807) is 12.4 Å². The summed E-state index contributed by atoms with van der Waals surface area (Å²) >= 11 is 0. The number of ether oxygens (including phenoxy) is 1. The molecule has 2 aromatic rings. The second-order valence-electron chi connectivity index (χ2n) is 5.88. The van der Waals surface area contributed by atoms with Gasteiger partial charge in [-0.25, -0.2) is 0 Å². The summed E-state index contributed by atoms with van der Waals surface area (Å²) in [5.74, 6) is 0.0824. The van der Waals surface area contributed by atoms with E-state index in [1.807, 2.05) is 24.3 Å². The number of benzene rings is 1. The molecule has 4 heteroatoms. The normalized spacial score (nSPS) is 25.9. The average Bonchev–Trinajstić information content (AvgIpc) is 3.01. The van der Waals surface area contributed by atoms with E-state index in [1.165, 1.54) is 12.8 Å². The lowest BCUT2D eigenvalue weighted by Gasteiger charge is -2.34. The largest absolute Gasteiger partial charge is 0.367 e. The molecule has 0 saturated carbocycles. The quantitative estimate of drug-likeness (QED) is 0.793. The molecule has 0 bridgehead atoms. The first kappa shape index (κ1) is 12.9. The van der Waals surface area contributed by atoms with Gasteiger partial charge in [0.25, 0.3) is 0 Å². The van der Waals surface area contributed by atoms with Crippen molar-refractivity contribution >= 4 is 16.6 Å². The highest BCUT2D eigenvalue weighted by atomic mass is 16.5. The first-order valence-corrected chi connectivity index (χ1v) is 7.55. The molecule has 2 unspecified atom stereocenters. The first-order chi connectivity index (χ1) is 10.3. The molecule has 4 nitrogen and oxygen atoms in total. The van der Waals surface area contributed by atoms with Crippen molar-refractivity contribution in [2.24, 2.45) is 0 Å². The molecule has 2 aliphatic rings. The molecule has 0 amide bonds. The Morgan fingerprint density at radius 1 is 1.33 bits per heavy atom. The molecule has 2 saturated heterocycles. The summed E-state index contributed by atoms with van der Waals surface area (Å²) in [5, 5.41) is 1.96. The zero-order valence-electron chi connectivity index (χ0n) is 11.9. The van der Waals surface area contributed by atoms with Gasteiger partial charge in [0.15, 0.2) is 5.78 Å². The Balaban J connectivity index is 1.64. The van der Waals surface area contributed by atoms with Crippen LogP contribution in [-0.4, -0.2) is 47.5 Å². The molecule has 1 aromatic carbocycles. The Hall–Kier alpha value is -1.78. The van der Waals surface area contributed by atoms with E-state index >= 15 is 0 Å². The van der Waals surface area contributed by atoms with Crippen molar-refractivity contribution in [3.63, 3.8) is 0 Å². The summed E-state index contributed by atoms with van der Waals surface area (Å²) in [7, 11) is 0. The molecule has 1 aromatic heterocycles. The predicted octanol–water partition coefficient (Wildman–Crippen LogP) is 2.28. The third-order valence-electron chi connectivity index (χ3n) is 4.63. The maximum atomic E-state index is 12.8. The molecular formula is C17H18N2O2. The van der Waals surface area contributed by atoms with Gasteiger partial charge in [0.05, 0.1) is 6.61 Å². The van der Waals surface area contributed by atoms with Crippen LogP contribution in [0.15, 0.2) is 36.7 Å². The number of pyridine rings is 1. The number of hydrogen-bond donors (Lipinski definition) is 0. The minimum atomic E-state index is -0.342. The number of nitrogens with zero attached hydrogens (tertiary/aromatic N) is 2. The lowest BCUT2D eigenvalue weighted by atomic mass is 9.99. The number of morpholine rings is 1. The number of ketones is 1. The van der Waals surface area contributed by atoms with Gasteiger partial charge in [0.2, 0.25) is 0 Å². The van der Waals surface area contributed by atoms with Gasteiger partial charge in [-0.15, -0.1) is 0 Å². The Morgan fingerprint density at radius 3 is 3.24 bits per heavy atom. The van der Waals surface area contributed by atoms with Gasteiger partial charge < -0.3 is 4.74 Å². The van der Waals surface area contributed by atoms with Gasteiger partial charge in [-0.3, -0.25) is 14.7 Å². The standard InChI is InChI=1S/C17H18N2O2/c20-17(16-10-19-8-2-4-13(19)11-21-16)14-5-1-3-12-6-7-18-9-15(12)14/h1,3,5-7,9,13,16H,2,4,8,10-11H2. The topological polar surface area (TPSA) is 42.4 Å². The first-order valence-electron chi connectivity index (χ1n) is 7.55. The fourth-order valence-electron chi connectivity index (χ4n) is 3.48. The van der Waals surface area contributed by atoms with Crippen LogP contribution in [0, 0.1) is 0 Å². The van der Waals surface area contributed by atoms with Crippen molar-refractivity contribution < 1.29 is 9.53 Å². The third kappa shape index (κ3) is 2.24. The number of hydrogen-bond acceptors (Lipinski definition) is 4. The minimum Gasteiger partial charge on any atom is -0.367 e. The Morgan fingerprint density at radius 2 is 2.29 bits per heavy atom. The van der Waals surface area contributed by atoms with Crippen LogP contribution in [0.5, 0.6) is 0 Å². The summed E-state index contributed by atoms with van der Waals surface area (Å²) < 4.78 is 5.85. The number of fused-ring (bicyclic) bond motifs is 2. The molecule has 2 fully saturated rings. The highest BCUT2D eigenvalue weighted by molar-refractivity contribution is 6.10. The molecule has 0 aliphatic carbocycles. The average molecular weight is 282 g/mol. The smallest absolute Gasteiger partial charge is 0.193 e. The summed E-state index contributed by atoms with van der Waals surface area (Å²) in [6, 6.07) is 8.27. The van der Waals surface area contributed by atoms with Crippen LogP contribution in [0.2, 0.25) is 0 Å². The third-order valence-corrected chi connectivity index (χ3v) is 4.63. The van der Waals surface area contributed by atoms with Gasteiger partial charge >= 0.3 is 0 Å². The fraction of sp³-hybridized carbons (Fsp3) is 0.412. The van der Waals surface area contributed by atoms with Crippen molar-refractivity contribution in [1.29, 1.82) is 0 Å². The van der Waals surface area contributed by atoms with E-state index < -0.39 is 0 Å². The zero-order chi connectivity index (χ0) is 14.2. The molecule has 21 heavy (non-hydrogen) atoms. The molecule has 0 radical (unpaired) electrons. The molecule has 2 aliphatic heterocycles. The second kappa shape index (κ2) is 5.20. The monoisotopic (exact) mass is 282 g/mol. The van der Waals surface area contributed by atoms with Crippen molar-refractivity contribution in [1.82, 2.24) is 9.88 Å². The minimum absolute atomic E-state index is 0.0824. The lowest BCUT2D eigenvalue weighted by molar-refractivity contribution is -0.0343. The Kier molecular flexibility index (Phi) is 3.20. The maximum Gasteiger partial charge on any atom is 0.193 e. The zero-order valence-corrected chi connectivity index (χ0v) is 11.9. The van der Waals surface area contributed by atoms with E-state index in [2.05, 4.69) is 9.88 Å². The van der Waals surface area contributed by atoms with Gasteiger partial charge in [0.1, 0.15) is 6.10 Å². The molecule has 2 atom stereocenters. The molecule has 3 heterocycles. The molecule has 4 rings (SSSR count). The Labute approximate surface area is 123 Å².